The fourth-order valence-electron chi connectivity index (χ4n) is 2.73. The number of piperidine rings is 1. The van der Waals surface area contributed by atoms with Crippen LogP contribution >= 0.6 is 0 Å². The average Bonchev–Trinajstić information content (AvgIpc) is 3.16. The van der Waals surface area contributed by atoms with Gasteiger partial charge in [-0.05, 0) is 44.1 Å². The molecule has 0 saturated carbocycles. The molecule has 0 aliphatic carbocycles. The highest BCUT2D eigenvalue weighted by atomic mass is 16.7. The van der Waals surface area contributed by atoms with Gasteiger partial charge < -0.3 is 19.2 Å². The topological polar surface area (TPSA) is 56.5 Å². The second-order valence-corrected chi connectivity index (χ2v) is 5.16. The van der Waals surface area contributed by atoms with E-state index in [-0.39, 0.29) is 6.79 Å². The molecule has 5 nitrogen and oxygen atoms in total. The smallest absolute Gasteiger partial charge is 0.231 e. The van der Waals surface area contributed by atoms with Gasteiger partial charge in [0.15, 0.2) is 23.1 Å². The zero-order valence-corrected chi connectivity index (χ0v) is 11.1. The van der Waals surface area contributed by atoms with E-state index in [2.05, 4.69) is 10.3 Å². The van der Waals surface area contributed by atoms with Crippen molar-refractivity contribution in [2.75, 3.05) is 19.9 Å². The normalized spacial score (nSPS) is 18.4. The predicted octanol–water partition coefficient (Wildman–Crippen LogP) is 2.54. The van der Waals surface area contributed by atoms with Gasteiger partial charge in [0.2, 0.25) is 6.79 Å². The molecule has 1 N–H and O–H groups in total. The monoisotopic (exact) mass is 272 g/mol. The summed E-state index contributed by atoms with van der Waals surface area (Å²) >= 11 is 0. The number of nitrogens with one attached hydrogen (secondary N) is 1. The summed E-state index contributed by atoms with van der Waals surface area (Å²) in [6, 6.07) is 5.82. The molecule has 4 rings (SSSR count). The van der Waals surface area contributed by atoms with E-state index in [0.29, 0.717) is 5.92 Å². The van der Waals surface area contributed by atoms with Crippen LogP contribution < -0.4 is 14.8 Å². The summed E-state index contributed by atoms with van der Waals surface area (Å²) in [4.78, 5) is 4.44. The number of fused-ring (bicyclic) bond motifs is 1. The van der Waals surface area contributed by atoms with Gasteiger partial charge in [-0.25, -0.2) is 4.98 Å². The average molecular weight is 272 g/mol. The first kappa shape index (κ1) is 11.8. The van der Waals surface area contributed by atoms with E-state index in [9.17, 15) is 0 Å². The molecule has 20 heavy (non-hydrogen) atoms. The van der Waals surface area contributed by atoms with Crippen LogP contribution in [0.4, 0.5) is 0 Å². The van der Waals surface area contributed by atoms with Gasteiger partial charge in [-0.1, -0.05) is 0 Å². The molecule has 2 aliphatic rings. The van der Waals surface area contributed by atoms with Gasteiger partial charge in [0.1, 0.15) is 0 Å². The van der Waals surface area contributed by atoms with Crippen LogP contribution in [0.3, 0.4) is 0 Å². The van der Waals surface area contributed by atoms with E-state index >= 15 is 0 Å². The van der Waals surface area contributed by atoms with E-state index in [4.69, 9.17) is 13.9 Å². The maximum atomic E-state index is 5.93. The lowest BCUT2D eigenvalue weighted by Crippen LogP contribution is -2.26. The second-order valence-electron chi connectivity index (χ2n) is 5.16. The molecular formula is C15H16N2O3. The summed E-state index contributed by atoms with van der Waals surface area (Å²) in [6.07, 6.45) is 3.97. The number of benzene rings is 1. The fourth-order valence-corrected chi connectivity index (χ4v) is 2.73. The first-order valence-corrected chi connectivity index (χ1v) is 6.96. The first-order valence-electron chi connectivity index (χ1n) is 6.96. The summed E-state index contributed by atoms with van der Waals surface area (Å²) < 4.78 is 16.6. The molecule has 2 aliphatic heterocycles. The third-order valence-corrected chi connectivity index (χ3v) is 3.87. The van der Waals surface area contributed by atoms with Crippen LogP contribution in [0.5, 0.6) is 11.5 Å². The predicted molar refractivity (Wildman–Crippen MR) is 72.9 cm³/mol. The number of nitrogens with zero attached hydrogens (tertiary/aromatic N) is 1. The van der Waals surface area contributed by atoms with Gasteiger partial charge >= 0.3 is 0 Å². The molecule has 1 aromatic carbocycles. The molecule has 0 atom stereocenters. The van der Waals surface area contributed by atoms with E-state index in [1.165, 1.54) is 0 Å². The Balaban J connectivity index is 1.61. The van der Waals surface area contributed by atoms with Crippen LogP contribution in [0.1, 0.15) is 24.7 Å². The molecule has 2 aromatic rings. The lowest BCUT2D eigenvalue weighted by molar-refractivity contribution is 0.174. The minimum absolute atomic E-state index is 0.287. The molecule has 1 fully saturated rings. The number of hydrogen-bond acceptors (Lipinski definition) is 5. The SMILES string of the molecule is c1cc2c(cc1-c1cnc(C3CCNCC3)o1)OCO2. The van der Waals surface area contributed by atoms with Crippen LogP contribution in [-0.4, -0.2) is 24.9 Å². The number of aromatic nitrogens is 1. The molecule has 1 saturated heterocycles. The van der Waals surface area contributed by atoms with E-state index < -0.39 is 0 Å². The number of ether oxygens (including phenoxy) is 2. The van der Waals surface area contributed by atoms with Crippen LogP contribution in [0.15, 0.2) is 28.8 Å². The van der Waals surface area contributed by atoms with Crippen LogP contribution in [0.25, 0.3) is 11.3 Å². The Kier molecular flexibility index (Phi) is 2.85. The summed E-state index contributed by atoms with van der Waals surface area (Å²) in [5.74, 6) is 3.61. The van der Waals surface area contributed by atoms with E-state index in [1.54, 1.807) is 6.20 Å². The first-order chi connectivity index (χ1) is 9.90. The summed E-state index contributed by atoms with van der Waals surface area (Å²) in [5, 5.41) is 3.35. The quantitative estimate of drug-likeness (QED) is 0.910. The van der Waals surface area contributed by atoms with Crippen molar-refractivity contribution in [2.45, 2.75) is 18.8 Å². The Morgan fingerprint density at radius 1 is 1.10 bits per heavy atom. The van der Waals surface area contributed by atoms with Gasteiger partial charge in [-0.3, -0.25) is 0 Å². The Morgan fingerprint density at radius 3 is 2.85 bits per heavy atom. The van der Waals surface area contributed by atoms with Gasteiger partial charge in [0.05, 0.1) is 6.20 Å². The Bertz CT molecular complexity index is 617. The highest BCUT2D eigenvalue weighted by Crippen LogP contribution is 2.36. The van der Waals surface area contributed by atoms with Crippen molar-refractivity contribution in [1.82, 2.24) is 10.3 Å². The maximum Gasteiger partial charge on any atom is 0.231 e. The minimum atomic E-state index is 0.287. The lowest BCUT2D eigenvalue weighted by atomic mass is 9.98. The van der Waals surface area contributed by atoms with Crippen molar-refractivity contribution in [2.24, 2.45) is 0 Å². The van der Waals surface area contributed by atoms with Crippen molar-refractivity contribution in [1.29, 1.82) is 0 Å². The molecule has 0 radical (unpaired) electrons. The van der Waals surface area contributed by atoms with E-state index in [1.807, 2.05) is 18.2 Å². The van der Waals surface area contributed by atoms with Crippen molar-refractivity contribution in [3.63, 3.8) is 0 Å². The highest BCUT2D eigenvalue weighted by molar-refractivity contribution is 5.62. The Labute approximate surface area is 116 Å². The van der Waals surface area contributed by atoms with E-state index in [0.717, 1.165) is 54.6 Å². The molecule has 1 aromatic heterocycles. The van der Waals surface area contributed by atoms with Crippen LogP contribution in [-0.2, 0) is 0 Å². The summed E-state index contributed by atoms with van der Waals surface area (Å²) in [6.45, 7) is 2.36. The van der Waals surface area contributed by atoms with Crippen molar-refractivity contribution in [3.8, 4) is 22.8 Å². The van der Waals surface area contributed by atoms with Gasteiger partial charge in [0, 0.05) is 11.5 Å². The lowest BCUT2D eigenvalue weighted by Gasteiger charge is -2.19. The number of rotatable bonds is 2. The molecular weight excluding hydrogens is 256 g/mol. The maximum absolute atomic E-state index is 5.93. The van der Waals surface area contributed by atoms with Crippen LogP contribution in [0.2, 0.25) is 0 Å². The number of hydrogen-bond donors (Lipinski definition) is 1. The molecule has 0 bridgehead atoms. The largest absolute Gasteiger partial charge is 0.454 e. The third-order valence-electron chi connectivity index (χ3n) is 3.87. The summed E-state index contributed by atoms with van der Waals surface area (Å²) in [7, 11) is 0. The zero-order chi connectivity index (χ0) is 13.4. The van der Waals surface area contributed by atoms with Crippen molar-refractivity contribution in [3.05, 3.63) is 30.3 Å². The Hall–Kier alpha value is -2.01. The third kappa shape index (κ3) is 2.04. The Morgan fingerprint density at radius 2 is 1.95 bits per heavy atom. The van der Waals surface area contributed by atoms with Crippen molar-refractivity contribution >= 4 is 0 Å². The second kappa shape index (κ2) is 4.83. The molecule has 104 valence electrons. The van der Waals surface area contributed by atoms with Gasteiger partial charge in [0.25, 0.3) is 0 Å². The molecule has 5 heteroatoms. The number of oxazole rings is 1. The molecule has 3 heterocycles. The minimum Gasteiger partial charge on any atom is -0.454 e. The van der Waals surface area contributed by atoms with Gasteiger partial charge in [-0.15, -0.1) is 0 Å². The zero-order valence-electron chi connectivity index (χ0n) is 11.1. The summed E-state index contributed by atoms with van der Waals surface area (Å²) in [5.41, 5.74) is 0.974. The standard InChI is InChI=1S/C15H16N2O3/c1-2-12-13(19-9-18-12)7-11(1)14-8-17-15(20-14)10-3-5-16-6-4-10/h1-2,7-8,10,16H,3-6,9H2. The van der Waals surface area contributed by atoms with Crippen molar-refractivity contribution < 1.29 is 13.9 Å². The van der Waals surface area contributed by atoms with Gasteiger partial charge in [-0.2, -0.15) is 0 Å². The highest BCUT2D eigenvalue weighted by Gasteiger charge is 2.21. The molecule has 0 spiro atoms. The molecule has 0 unspecified atom stereocenters. The van der Waals surface area contributed by atoms with Crippen LogP contribution in [0, 0.1) is 0 Å². The molecule has 0 amide bonds. The fraction of sp³-hybridized carbons (Fsp3) is 0.400.